The van der Waals surface area contributed by atoms with E-state index in [1.54, 1.807) is 0 Å². The van der Waals surface area contributed by atoms with Crippen molar-refractivity contribution >= 4 is 44.2 Å². The quantitative estimate of drug-likeness (QED) is 0.0384. The lowest BCUT2D eigenvalue weighted by Gasteiger charge is -2.16. The van der Waals surface area contributed by atoms with Gasteiger partial charge in [0.25, 0.3) is 0 Å². The van der Waals surface area contributed by atoms with Gasteiger partial charge in [0.15, 0.2) is 50.7 Å². The molecule has 0 fully saturated rings. The first-order valence-electron chi connectivity index (χ1n) is 15.2. The van der Waals surface area contributed by atoms with Crippen LogP contribution in [-0.2, 0) is 12.8 Å². The predicted molar refractivity (Wildman–Crippen MR) is 164 cm³/mol. The van der Waals surface area contributed by atoms with Crippen molar-refractivity contribution in [1.82, 2.24) is 20.4 Å². The summed E-state index contributed by atoms with van der Waals surface area (Å²) in [6, 6.07) is 0. The largest absolute Gasteiger partial charge is 0.205 e. The number of rotatable bonds is 14. The van der Waals surface area contributed by atoms with Crippen molar-refractivity contribution in [2.24, 2.45) is 0 Å². The molecular weight excluding hydrogens is 656 g/mol. The predicted octanol–water partition coefficient (Wildman–Crippen LogP) is 11.2. The Morgan fingerprint density at radius 1 is 0.391 bits per heavy atom. The van der Waals surface area contributed by atoms with Gasteiger partial charge >= 0.3 is 0 Å². The van der Waals surface area contributed by atoms with Crippen molar-refractivity contribution in [3.05, 3.63) is 56.6 Å². The van der Waals surface area contributed by atoms with Crippen molar-refractivity contribution in [3.63, 3.8) is 0 Å². The average molecular weight is 687 g/mol. The molecule has 0 saturated carbocycles. The fourth-order valence-electron chi connectivity index (χ4n) is 5.49. The molecule has 0 radical (unpaired) electrons. The zero-order valence-corrected chi connectivity index (χ0v) is 26.7. The zero-order chi connectivity index (χ0) is 33.1. The number of unbranched alkanes of at least 4 members (excludes halogenated alkanes) is 8. The first kappa shape index (κ1) is 34.1. The third kappa shape index (κ3) is 6.34. The maximum atomic E-state index is 16.3. The molecule has 0 spiro atoms. The number of aromatic nitrogens is 4. The van der Waals surface area contributed by atoms with Crippen LogP contribution in [0.1, 0.15) is 88.1 Å². The number of aryl methyl sites for hydroxylation is 2. The fourth-order valence-corrected chi connectivity index (χ4v) is 7.34. The highest BCUT2D eigenvalue weighted by molar-refractivity contribution is 7.15. The molecule has 2 aromatic heterocycles. The molecule has 0 amide bonds. The smallest absolute Gasteiger partial charge is 0.195 e. The number of nitrogens with zero attached hydrogens (tertiary/aromatic N) is 4. The summed E-state index contributed by atoms with van der Waals surface area (Å²) in [4.78, 5) is 0. The maximum Gasteiger partial charge on any atom is 0.195 e. The summed E-state index contributed by atoms with van der Waals surface area (Å²) in [6.45, 7) is 4.12. The average Bonchev–Trinajstić information content (AvgIpc) is 3.70. The van der Waals surface area contributed by atoms with E-state index in [0.717, 1.165) is 74.0 Å². The van der Waals surface area contributed by atoms with Gasteiger partial charge in [-0.25, -0.2) is 35.1 Å². The number of halogens is 8. The molecule has 3 aromatic carbocycles. The third-order valence-electron chi connectivity index (χ3n) is 7.88. The van der Waals surface area contributed by atoms with Crippen molar-refractivity contribution in [2.75, 3.05) is 0 Å². The van der Waals surface area contributed by atoms with Gasteiger partial charge in [-0.1, -0.05) is 87.9 Å². The fraction of sp³-hybridized carbons (Fsp3) is 0.438. The van der Waals surface area contributed by atoms with E-state index in [-0.39, 0.29) is 0 Å². The molecule has 0 unspecified atom stereocenters. The number of hydrogen-bond acceptors (Lipinski definition) is 6. The van der Waals surface area contributed by atoms with Gasteiger partial charge in [0, 0.05) is 29.0 Å². The maximum absolute atomic E-state index is 16.3. The van der Waals surface area contributed by atoms with Crippen molar-refractivity contribution in [3.8, 4) is 21.1 Å². The molecule has 14 heteroatoms. The van der Waals surface area contributed by atoms with E-state index < -0.39 is 89.2 Å². The second-order valence-electron chi connectivity index (χ2n) is 11.1. The van der Waals surface area contributed by atoms with Gasteiger partial charge in [0.05, 0.1) is 16.5 Å². The van der Waals surface area contributed by atoms with E-state index >= 15 is 35.1 Å². The third-order valence-corrected chi connectivity index (χ3v) is 9.88. The number of benzene rings is 3. The monoisotopic (exact) mass is 686 g/mol. The molecule has 0 aliphatic heterocycles. The Morgan fingerprint density at radius 2 is 0.804 bits per heavy atom. The summed E-state index contributed by atoms with van der Waals surface area (Å²) in [6.07, 6.45) is 10.1. The summed E-state index contributed by atoms with van der Waals surface area (Å²) in [5.41, 5.74) is -2.12. The molecule has 246 valence electrons. The lowest BCUT2D eigenvalue weighted by atomic mass is 9.93. The van der Waals surface area contributed by atoms with Crippen LogP contribution in [0.2, 0.25) is 0 Å². The first-order chi connectivity index (χ1) is 22.1. The van der Waals surface area contributed by atoms with Crippen LogP contribution in [-0.4, -0.2) is 20.4 Å². The minimum Gasteiger partial charge on any atom is -0.205 e. The summed E-state index contributed by atoms with van der Waals surface area (Å²) < 4.78 is 124. The molecule has 46 heavy (non-hydrogen) atoms. The van der Waals surface area contributed by atoms with Gasteiger partial charge in [-0.15, -0.1) is 20.4 Å². The van der Waals surface area contributed by atoms with Crippen molar-refractivity contribution in [1.29, 1.82) is 0 Å². The molecular formula is C32H30F8N4S2. The molecule has 0 N–H and O–H groups in total. The van der Waals surface area contributed by atoms with Crippen LogP contribution in [0.5, 0.6) is 0 Å². The summed E-state index contributed by atoms with van der Waals surface area (Å²) in [5, 5.41) is 9.90. The topological polar surface area (TPSA) is 51.6 Å². The SMILES string of the molecule is CCCCCCCc1nnc(-c2c(F)c(F)c3c(F)c(F)c4c(-c5nnc(CCCCCCC)s5)c(F)c(F)c(F)c4c3c2F)s1. The molecule has 0 bridgehead atoms. The van der Waals surface area contributed by atoms with Crippen LogP contribution in [0.15, 0.2) is 0 Å². The van der Waals surface area contributed by atoms with Gasteiger partial charge in [0.2, 0.25) is 0 Å². The Hall–Kier alpha value is -3.26. The Morgan fingerprint density at radius 3 is 1.35 bits per heavy atom. The van der Waals surface area contributed by atoms with E-state index in [2.05, 4.69) is 34.2 Å². The molecule has 0 aliphatic carbocycles. The van der Waals surface area contributed by atoms with Gasteiger partial charge < -0.3 is 0 Å². The highest BCUT2D eigenvalue weighted by Crippen LogP contribution is 2.46. The van der Waals surface area contributed by atoms with E-state index in [1.807, 2.05) is 0 Å². The Balaban J connectivity index is 1.68. The van der Waals surface area contributed by atoms with Gasteiger partial charge in [-0.05, 0) is 12.8 Å². The van der Waals surface area contributed by atoms with Crippen LogP contribution in [0, 0.1) is 46.5 Å². The summed E-state index contributed by atoms with van der Waals surface area (Å²) >= 11 is 1.50. The van der Waals surface area contributed by atoms with Crippen LogP contribution >= 0.6 is 22.7 Å². The van der Waals surface area contributed by atoms with E-state index in [0.29, 0.717) is 35.7 Å². The van der Waals surface area contributed by atoms with Crippen LogP contribution in [0.25, 0.3) is 42.7 Å². The highest BCUT2D eigenvalue weighted by Gasteiger charge is 2.35. The normalized spacial score (nSPS) is 11.9. The van der Waals surface area contributed by atoms with E-state index in [9.17, 15) is 0 Å². The first-order valence-corrected chi connectivity index (χ1v) is 16.9. The molecule has 5 aromatic rings. The zero-order valence-electron chi connectivity index (χ0n) is 25.1. The number of hydrogen-bond donors (Lipinski definition) is 0. The number of fused-ring (bicyclic) bond motifs is 3. The Kier molecular flexibility index (Phi) is 10.9. The molecule has 5 rings (SSSR count). The van der Waals surface area contributed by atoms with Crippen LogP contribution < -0.4 is 0 Å². The minimum atomic E-state index is -2.15. The van der Waals surface area contributed by atoms with E-state index in [4.69, 9.17) is 0 Å². The minimum absolute atomic E-state index is 0.379. The van der Waals surface area contributed by atoms with Crippen LogP contribution in [0.3, 0.4) is 0 Å². The molecule has 0 atom stereocenters. The highest BCUT2D eigenvalue weighted by atomic mass is 32.1. The Labute approximate surface area is 267 Å². The van der Waals surface area contributed by atoms with Gasteiger partial charge in [-0.3, -0.25) is 0 Å². The van der Waals surface area contributed by atoms with Crippen molar-refractivity contribution < 1.29 is 35.1 Å². The molecule has 0 saturated heterocycles. The second-order valence-corrected chi connectivity index (χ2v) is 13.2. The summed E-state index contributed by atoms with van der Waals surface area (Å²) in [5.74, 6) is -16.0. The Bertz CT molecular complexity index is 1890. The summed E-state index contributed by atoms with van der Waals surface area (Å²) in [7, 11) is 0. The van der Waals surface area contributed by atoms with Crippen molar-refractivity contribution in [2.45, 2.75) is 90.9 Å². The molecule has 4 nitrogen and oxygen atoms in total. The molecule has 2 heterocycles. The van der Waals surface area contributed by atoms with Gasteiger partial charge in [-0.2, -0.15) is 0 Å². The second kappa shape index (κ2) is 14.7. The lowest BCUT2D eigenvalue weighted by molar-refractivity contribution is 0.453. The standard InChI is InChI=1S/C32H30F8N4S2/c1-3-5-7-9-11-13-15-41-43-31(45-15)21-19-17(25(35)30(40)28(21)38)18-20(26(36)24(19)34)27(37)29(39)22(23(18)33)32-44-42-16(46-32)14-12-10-8-6-4-2/h3-14H2,1-2H3. The molecule has 0 aliphatic rings. The van der Waals surface area contributed by atoms with Crippen LogP contribution in [0.4, 0.5) is 35.1 Å². The van der Waals surface area contributed by atoms with E-state index in [1.165, 1.54) is 0 Å². The van der Waals surface area contributed by atoms with Gasteiger partial charge in [0.1, 0.15) is 15.8 Å². The lowest BCUT2D eigenvalue weighted by Crippen LogP contribution is -2.06.